The number of nitrogens with one attached hydrogen (secondary N) is 1. The van der Waals surface area contributed by atoms with Gasteiger partial charge in [0, 0.05) is 24.1 Å². The molecule has 19 heavy (non-hydrogen) atoms. The van der Waals surface area contributed by atoms with Crippen molar-refractivity contribution in [3.05, 3.63) is 0 Å². The Morgan fingerprint density at radius 3 is 2.53 bits per heavy atom. The minimum atomic E-state index is 0.915. The van der Waals surface area contributed by atoms with E-state index in [1.807, 2.05) is 0 Å². The van der Waals surface area contributed by atoms with E-state index in [0.29, 0.717) is 0 Å². The van der Waals surface area contributed by atoms with Crippen LogP contribution in [-0.2, 0) is 0 Å². The Morgan fingerprint density at radius 1 is 1.16 bits per heavy atom. The van der Waals surface area contributed by atoms with Crippen molar-refractivity contribution in [2.45, 2.75) is 30.9 Å². The maximum absolute atomic E-state index is 3.44. The molecule has 0 amide bonds. The highest BCUT2D eigenvalue weighted by atomic mass is 32.2. The summed E-state index contributed by atoms with van der Waals surface area (Å²) in [6.07, 6.45) is 5.51. The molecule has 0 saturated carbocycles. The number of likely N-dealkylation sites (tertiary alicyclic amines) is 1. The van der Waals surface area contributed by atoms with Crippen LogP contribution in [0.1, 0.15) is 25.7 Å². The van der Waals surface area contributed by atoms with Gasteiger partial charge in [0.1, 0.15) is 0 Å². The topological polar surface area (TPSA) is 18.5 Å². The molecule has 2 saturated heterocycles. The third-order valence-electron chi connectivity index (χ3n) is 4.52. The Hall–Kier alpha value is 0.230. The quantitative estimate of drug-likeness (QED) is 0.801. The molecule has 0 bridgehead atoms. The summed E-state index contributed by atoms with van der Waals surface area (Å²) in [4.78, 5) is 5.02. The van der Waals surface area contributed by atoms with Crippen LogP contribution in [0, 0.1) is 5.92 Å². The highest BCUT2D eigenvalue weighted by Gasteiger charge is 2.18. The molecule has 0 spiro atoms. The van der Waals surface area contributed by atoms with Gasteiger partial charge in [-0.15, -0.1) is 0 Å². The minimum Gasteiger partial charge on any atom is -0.317 e. The molecule has 0 atom stereocenters. The number of rotatable bonds is 6. The van der Waals surface area contributed by atoms with Gasteiger partial charge in [-0.2, -0.15) is 11.8 Å². The molecule has 0 unspecified atom stereocenters. The summed E-state index contributed by atoms with van der Waals surface area (Å²) in [5, 5.41) is 4.36. The van der Waals surface area contributed by atoms with Gasteiger partial charge in [0.05, 0.1) is 0 Å². The first-order valence-electron chi connectivity index (χ1n) is 7.93. The molecule has 0 radical (unpaired) electrons. The summed E-state index contributed by atoms with van der Waals surface area (Å²) in [5.74, 6) is 2.25. The molecule has 2 aliphatic heterocycles. The molecular weight excluding hydrogens is 254 g/mol. The van der Waals surface area contributed by atoms with E-state index < -0.39 is 0 Å². The lowest BCUT2D eigenvalue weighted by atomic mass is 9.97. The average Bonchev–Trinajstić information content (AvgIpc) is 2.43. The Morgan fingerprint density at radius 2 is 1.84 bits per heavy atom. The highest BCUT2D eigenvalue weighted by Crippen LogP contribution is 2.21. The van der Waals surface area contributed by atoms with E-state index in [-0.39, 0.29) is 0 Å². The normalized spacial score (nSPS) is 24.2. The van der Waals surface area contributed by atoms with Crippen molar-refractivity contribution in [1.29, 1.82) is 0 Å². The SMILES string of the molecule is CN1CCC(CN(C)CCSC2CCNCC2)CC1. The molecule has 2 heterocycles. The van der Waals surface area contributed by atoms with Crippen LogP contribution in [0.25, 0.3) is 0 Å². The molecule has 0 aromatic carbocycles. The van der Waals surface area contributed by atoms with Crippen LogP contribution in [0.2, 0.25) is 0 Å². The van der Waals surface area contributed by atoms with Crippen LogP contribution < -0.4 is 5.32 Å². The zero-order chi connectivity index (χ0) is 13.5. The molecular formula is C15H31N3S. The molecule has 0 aromatic rings. The van der Waals surface area contributed by atoms with Crippen molar-refractivity contribution in [2.75, 3.05) is 59.1 Å². The monoisotopic (exact) mass is 285 g/mol. The van der Waals surface area contributed by atoms with E-state index in [2.05, 4.69) is 41.0 Å². The molecule has 2 aliphatic rings. The van der Waals surface area contributed by atoms with E-state index in [4.69, 9.17) is 0 Å². The lowest BCUT2D eigenvalue weighted by Crippen LogP contribution is -2.36. The van der Waals surface area contributed by atoms with Crippen LogP contribution in [0.3, 0.4) is 0 Å². The number of hydrogen-bond acceptors (Lipinski definition) is 4. The third kappa shape index (κ3) is 6.03. The second-order valence-corrected chi connectivity index (χ2v) is 7.74. The largest absolute Gasteiger partial charge is 0.317 e. The van der Waals surface area contributed by atoms with E-state index in [1.165, 1.54) is 70.7 Å². The van der Waals surface area contributed by atoms with E-state index in [9.17, 15) is 0 Å². The fourth-order valence-electron chi connectivity index (χ4n) is 3.11. The molecule has 4 heteroatoms. The second kappa shape index (κ2) is 8.50. The van der Waals surface area contributed by atoms with Gasteiger partial charge in [-0.05, 0) is 71.9 Å². The summed E-state index contributed by atoms with van der Waals surface area (Å²) in [6, 6.07) is 0. The maximum Gasteiger partial charge on any atom is 0.00716 e. The van der Waals surface area contributed by atoms with Crippen molar-refractivity contribution < 1.29 is 0 Å². The first kappa shape index (κ1) is 15.6. The summed E-state index contributed by atoms with van der Waals surface area (Å²) < 4.78 is 0. The lowest BCUT2D eigenvalue weighted by Gasteiger charge is -2.32. The van der Waals surface area contributed by atoms with Gasteiger partial charge in [-0.25, -0.2) is 0 Å². The van der Waals surface area contributed by atoms with E-state index in [1.54, 1.807) is 0 Å². The zero-order valence-electron chi connectivity index (χ0n) is 12.7. The summed E-state index contributed by atoms with van der Waals surface area (Å²) >= 11 is 2.20. The average molecular weight is 286 g/mol. The van der Waals surface area contributed by atoms with E-state index >= 15 is 0 Å². The summed E-state index contributed by atoms with van der Waals surface area (Å²) in [6.45, 7) is 7.61. The predicted molar refractivity (Wildman–Crippen MR) is 86.1 cm³/mol. The van der Waals surface area contributed by atoms with Gasteiger partial charge < -0.3 is 15.1 Å². The Kier molecular flexibility index (Phi) is 6.99. The predicted octanol–water partition coefficient (Wildman–Crippen LogP) is 1.75. The van der Waals surface area contributed by atoms with Gasteiger partial charge >= 0.3 is 0 Å². The van der Waals surface area contributed by atoms with E-state index in [0.717, 1.165) is 11.2 Å². The van der Waals surface area contributed by atoms with Crippen molar-refractivity contribution in [2.24, 2.45) is 5.92 Å². The van der Waals surface area contributed by atoms with Crippen molar-refractivity contribution in [3.8, 4) is 0 Å². The number of nitrogens with zero attached hydrogens (tertiary/aromatic N) is 2. The third-order valence-corrected chi connectivity index (χ3v) is 5.88. The van der Waals surface area contributed by atoms with Crippen molar-refractivity contribution in [1.82, 2.24) is 15.1 Å². The standard InChI is InChI=1S/C15H31N3S/c1-17-9-5-14(6-10-17)13-18(2)11-12-19-15-3-7-16-8-4-15/h14-16H,3-13H2,1-2H3. The zero-order valence-corrected chi connectivity index (χ0v) is 13.6. The summed E-state index contributed by atoms with van der Waals surface area (Å²) in [5.41, 5.74) is 0. The molecule has 2 fully saturated rings. The Labute approximate surface area is 123 Å². The number of hydrogen-bond donors (Lipinski definition) is 1. The molecule has 112 valence electrons. The number of piperidine rings is 2. The van der Waals surface area contributed by atoms with Crippen LogP contribution in [0.15, 0.2) is 0 Å². The second-order valence-electron chi connectivity index (χ2n) is 6.33. The summed E-state index contributed by atoms with van der Waals surface area (Å²) in [7, 11) is 4.55. The van der Waals surface area contributed by atoms with Crippen molar-refractivity contribution in [3.63, 3.8) is 0 Å². The van der Waals surface area contributed by atoms with Crippen LogP contribution in [0.4, 0.5) is 0 Å². The maximum atomic E-state index is 3.44. The Balaban J connectivity index is 1.52. The number of thioether (sulfide) groups is 1. The first-order chi connectivity index (χ1) is 9.24. The lowest BCUT2D eigenvalue weighted by molar-refractivity contribution is 0.180. The molecule has 2 rings (SSSR count). The van der Waals surface area contributed by atoms with Crippen LogP contribution >= 0.6 is 11.8 Å². The minimum absolute atomic E-state index is 0.915. The van der Waals surface area contributed by atoms with Gasteiger partial charge in [0.2, 0.25) is 0 Å². The fraction of sp³-hybridized carbons (Fsp3) is 1.00. The van der Waals surface area contributed by atoms with Gasteiger partial charge in [0.25, 0.3) is 0 Å². The van der Waals surface area contributed by atoms with Gasteiger partial charge in [-0.1, -0.05) is 0 Å². The van der Waals surface area contributed by atoms with Crippen LogP contribution in [-0.4, -0.2) is 74.2 Å². The fourth-order valence-corrected chi connectivity index (χ4v) is 4.43. The molecule has 0 aromatic heterocycles. The van der Waals surface area contributed by atoms with Gasteiger partial charge in [-0.3, -0.25) is 0 Å². The Bertz CT molecular complexity index is 236. The smallest absolute Gasteiger partial charge is 0.00716 e. The first-order valence-corrected chi connectivity index (χ1v) is 8.98. The molecule has 1 N–H and O–H groups in total. The van der Waals surface area contributed by atoms with Crippen LogP contribution in [0.5, 0.6) is 0 Å². The molecule has 3 nitrogen and oxygen atoms in total. The molecule has 0 aliphatic carbocycles. The van der Waals surface area contributed by atoms with Crippen molar-refractivity contribution >= 4 is 11.8 Å². The van der Waals surface area contributed by atoms with Gasteiger partial charge in [0.15, 0.2) is 0 Å². The highest BCUT2D eigenvalue weighted by molar-refractivity contribution is 7.99.